The average Bonchev–Trinajstić information content (AvgIpc) is 2.86. The van der Waals surface area contributed by atoms with E-state index in [1.54, 1.807) is 16.2 Å². The third kappa shape index (κ3) is 5.38. The number of ether oxygens (including phenoxy) is 1. The molecule has 2 heterocycles. The minimum absolute atomic E-state index is 0. The van der Waals surface area contributed by atoms with Crippen LogP contribution in [0.3, 0.4) is 0 Å². The molecule has 0 aliphatic carbocycles. The molecule has 2 atom stereocenters. The first-order valence-electron chi connectivity index (χ1n) is 6.65. The SMILES string of the molecule is CCc1cnc(CN(C)C(=O)[C@H]2NCCO[C@@H]2C)s1.Cl.Cl. The van der Waals surface area contributed by atoms with E-state index in [0.29, 0.717) is 13.2 Å². The van der Waals surface area contributed by atoms with E-state index in [9.17, 15) is 4.79 Å². The van der Waals surface area contributed by atoms with Crippen molar-refractivity contribution in [2.24, 2.45) is 0 Å². The van der Waals surface area contributed by atoms with Gasteiger partial charge in [0.2, 0.25) is 5.91 Å². The van der Waals surface area contributed by atoms with Crippen molar-refractivity contribution < 1.29 is 9.53 Å². The largest absolute Gasteiger partial charge is 0.375 e. The standard InChI is InChI=1S/C13H21N3O2S.2ClH/c1-4-10-7-15-11(19-10)8-16(3)13(17)12-9(2)18-6-5-14-12;;/h7,9,12,14H,4-6,8H2,1-3H3;2*1H/t9-,12+;;/m1../s1. The lowest BCUT2D eigenvalue weighted by molar-refractivity contribution is -0.138. The molecule has 1 N–H and O–H groups in total. The molecule has 0 saturated carbocycles. The number of nitrogens with zero attached hydrogens (tertiary/aromatic N) is 2. The Bertz CT molecular complexity index is 445. The number of halogens is 2. The number of nitrogens with one attached hydrogen (secondary N) is 1. The van der Waals surface area contributed by atoms with Crippen LogP contribution in [0, 0.1) is 0 Å². The second-order valence-electron chi connectivity index (χ2n) is 4.78. The van der Waals surface area contributed by atoms with Crippen molar-refractivity contribution in [3.05, 3.63) is 16.1 Å². The maximum atomic E-state index is 12.3. The summed E-state index contributed by atoms with van der Waals surface area (Å²) < 4.78 is 5.51. The fraction of sp³-hybridized carbons (Fsp3) is 0.692. The van der Waals surface area contributed by atoms with Crippen LogP contribution in [0.4, 0.5) is 0 Å². The molecular formula is C13H23Cl2N3O2S. The molecule has 0 spiro atoms. The summed E-state index contributed by atoms with van der Waals surface area (Å²) in [5.74, 6) is 0.0699. The maximum Gasteiger partial charge on any atom is 0.242 e. The Balaban J connectivity index is 0.00000200. The van der Waals surface area contributed by atoms with Gasteiger partial charge in [0.1, 0.15) is 11.0 Å². The first kappa shape index (κ1) is 20.6. The Labute approximate surface area is 142 Å². The third-order valence-electron chi connectivity index (χ3n) is 3.28. The second kappa shape index (κ2) is 9.58. The molecule has 1 saturated heterocycles. The molecule has 1 fully saturated rings. The maximum absolute atomic E-state index is 12.3. The number of carbonyl (C=O) groups excluding carboxylic acids is 1. The number of aromatic nitrogens is 1. The molecule has 0 aromatic carbocycles. The van der Waals surface area contributed by atoms with E-state index >= 15 is 0 Å². The molecule has 0 unspecified atom stereocenters. The van der Waals surface area contributed by atoms with Gasteiger partial charge in [0.15, 0.2) is 0 Å². The molecule has 1 aromatic heterocycles. The van der Waals surface area contributed by atoms with Crippen molar-refractivity contribution in [3.63, 3.8) is 0 Å². The molecule has 8 heteroatoms. The molecule has 2 rings (SSSR count). The molecule has 1 aromatic rings. The number of rotatable bonds is 4. The summed E-state index contributed by atoms with van der Waals surface area (Å²) in [5, 5.41) is 4.20. The van der Waals surface area contributed by atoms with Gasteiger partial charge >= 0.3 is 0 Å². The second-order valence-corrected chi connectivity index (χ2v) is 5.98. The first-order valence-corrected chi connectivity index (χ1v) is 7.47. The number of aryl methyl sites for hydroxylation is 1. The highest BCUT2D eigenvalue weighted by atomic mass is 35.5. The van der Waals surface area contributed by atoms with Crippen molar-refractivity contribution in [2.45, 2.75) is 39.0 Å². The van der Waals surface area contributed by atoms with Crippen LogP contribution in [-0.4, -0.2) is 48.1 Å². The zero-order valence-electron chi connectivity index (χ0n) is 12.5. The van der Waals surface area contributed by atoms with Crippen molar-refractivity contribution in [1.82, 2.24) is 15.2 Å². The highest BCUT2D eigenvalue weighted by molar-refractivity contribution is 7.11. The molecular weight excluding hydrogens is 333 g/mol. The molecule has 0 bridgehead atoms. The zero-order valence-corrected chi connectivity index (χ0v) is 14.9. The van der Waals surface area contributed by atoms with Gasteiger partial charge in [-0.25, -0.2) is 4.98 Å². The Morgan fingerprint density at radius 2 is 2.29 bits per heavy atom. The Kier molecular flexibility index (Phi) is 9.40. The van der Waals surface area contributed by atoms with Crippen LogP contribution in [0.15, 0.2) is 6.20 Å². The predicted molar refractivity (Wildman–Crippen MR) is 89.7 cm³/mol. The summed E-state index contributed by atoms with van der Waals surface area (Å²) in [6.45, 7) is 6.00. The fourth-order valence-electron chi connectivity index (χ4n) is 2.11. The lowest BCUT2D eigenvalue weighted by atomic mass is 10.1. The van der Waals surface area contributed by atoms with Gasteiger partial charge in [-0.3, -0.25) is 4.79 Å². The van der Waals surface area contributed by atoms with Gasteiger partial charge < -0.3 is 15.0 Å². The number of thiazole rings is 1. The Morgan fingerprint density at radius 3 is 2.86 bits per heavy atom. The van der Waals surface area contributed by atoms with E-state index in [4.69, 9.17) is 4.74 Å². The van der Waals surface area contributed by atoms with Gasteiger partial charge in [0, 0.05) is 24.7 Å². The number of morpholine rings is 1. The van der Waals surface area contributed by atoms with Gasteiger partial charge in [0.05, 0.1) is 19.3 Å². The van der Waals surface area contributed by atoms with Crippen LogP contribution in [0.2, 0.25) is 0 Å². The lowest BCUT2D eigenvalue weighted by Gasteiger charge is -2.32. The molecule has 1 aliphatic heterocycles. The summed E-state index contributed by atoms with van der Waals surface area (Å²) in [7, 11) is 1.82. The van der Waals surface area contributed by atoms with Crippen molar-refractivity contribution >= 4 is 42.1 Å². The topological polar surface area (TPSA) is 54.5 Å². The zero-order chi connectivity index (χ0) is 13.8. The monoisotopic (exact) mass is 355 g/mol. The normalized spacial score (nSPS) is 21.1. The predicted octanol–water partition coefficient (Wildman–Crippen LogP) is 1.88. The van der Waals surface area contributed by atoms with E-state index in [0.717, 1.165) is 18.0 Å². The van der Waals surface area contributed by atoms with E-state index < -0.39 is 0 Å². The van der Waals surface area contributed by atoms with Gasteiger partial charge in [-0.15, -0.1) is 36.2 Å². The summed E-state index contributed by atoms with van der Waals surface area (Å²) >= 11 is 1.67. The van der Waals surface area contributed by atoms with Crippen molar-refractivity contribution in [2.75, 3.05) is 20.2 Å². The highest BCUT2D eigenvalue weighted by Crippen LogP contribution is 2.16. The Morgan fingerprint density at radius 1 is 1.57 bits per heavy atom. The van der Waals surface area contributed by atoms with E-state index in [2.05, 4.69) is 17.2 Å². The number of hydrogen-bond acceptors (Lipinski definition) is 5. The number of hydrogen-bond donors (Lipinski definition) is 1. The molecule has 0 radical (unpaired) electrons. The highest BCUT2D eigenvalue weighted by Gasteiger charge is 2.30. The minimum atomic E-state index is -0.246. The third-order valence-corrected chi connectivity index (χ3v) is 4.41. The van der Waals surface area contributed by atoms with Crippen molar-refractivity contribution in [3.8, 4) is 0 Å². The molecule has 122 valence electrons. The van der Waals surface area contributed by atoms with Crippen molar-refractivity contribution in [1.29, 1.82) is 0 Å². The van der Waals surface area contributed by atoms with Crippen LogP contribution in [0.5, 0.6) is 0 Å². The molecule has 1 aliphatic rings. The van der Waals surface area contributed by atoms with Gasteiger partial charge in [-0.1, -0.05) is 6.92 Å². The number of likely N-dealkylation sites (N-methyl/N-ethyl adjacent to an activating group) is 1. The first-order chi connectivity index (χ1) is 9.11. The van der Waals surface area contributed by atoms with E-state index in [1.807, 2.05) is 20.2 Å². The Hall–Kier alpha value is -0.400. The summed E-state index contributed by atoms with van der Waals surface area (Å²) in [6.07, 6.45) is 2.80. The van der Waals surface area contributed by atoms with Crippen LogP contribution in [0.25, 0.3) is 0 Å². The quantitative estimate of drug-likeness (QED) is 0.895. The number of amides is 1. The smallest absolute Gasteiger partial charge is 0.242 e. The lowest BCUT2D eigenvalue weighted by Crippen LogP contribution is -2.55. The minimum Gasteiger partial charge on any atom is -0.375 e. The van der Waals surface area contributed by atoms with E-state index in [1.165, 1.54) is 4.88 Å². The van der Waals surface area contributed by atoms with Gasteiger partial charge in [-0.05, 0) is 13.3 Å². The summed E-state index contributed by atoms with van der Waals surface area (Å²) in [5.41, 5.74) is 0. The molecule has 21 heavy (non-hydrogen) atoms. The van der Waals surface area contributed by atoms with Crippen LogP contribution >= 0.6 is 36.2 Å². The molecule has 5 nitrogen and oxygen atoms in total. The number of carbonyl (C=O) groups is 1. The van der Waals surface area contributed by atoms with Gasteiger partial charge in [-0.2, -0.15) is 0 Å². The van der Waals surface area contributed by atoms with Crippen LogP contribution in [0.1, 0.15) is 23.7 Å². The van der Waals surface area contributed by atoms with Crippen LogP contribution in [-0.2, 0) is 22.5 Å². The van der Waals surface area contributed by atoms with E-state index in [-0.39, 0.29) is 42.9 Å². The molecule has 1 amide bonds. The average molecular weight is 356 g/mol. The fourth-order valence-corrected chi connectivity index (χ4v) is 3.03. The summed E-state index contributed by atoms with van der Waals surface area (Å²) in [6, 6.07) is -0.246. The summed E-state index contributed by atoms with van der Waals surface area (Å²) in [4.78, 5) is 19.7. The van der Waals surface area contributed by atoms with Crippen LogP contribution < -0.4 is 5.32 Å². The van der Waals surface area contributed by atoms with Gasteiger partial charge in [0.25, 0.3) is 0 Å².